The molecule has 0 radical (unpaired) electrons. The summed E-state index contributed by atoms with van der Waals surface area (Å²) in [6.07, 6.45) is 0. The van der Waals surface area contributed by atoms with Gasteiger partial charge in [-0.25, -0.2) is 0 Å². The molecule has 0 aliphatic heterocycles. The van der Waals surface area contributed by atoms with Gasteiger partial charge in [0.15, 0.2) is 0 Å². The van der Waals surface area contributed by atoms with Gasteiger partial charge in [0.1, 0.15) is 0 Å². The van der Waals surface area contributed by atoms with Crippen molar-refractivity contribution >= 4 is 46.0 Å². The average molecular weight is 363 g/mol. The third kappa shape index (κ3) is 6.73. The van der Waals surface area contributed by atoms with Gasteiger partial charge in [0.2, 0.25) is 0 Å². The molecule has 0 aromatic carbocycles. The Labute approximate surface area is 130 Å². The lowest BCUT2D eigenvalue weighted by atomic mass is 11.8. The van der Waals surface area contributed by atoms with Gasteiger partial charge in [-0.15, -0.1) is 30.4 Å². The molecule has 0 atom stereocenters. The summed E-state index contributed by atoms with van der Waals surface area (Å²) in [4.78, 5) is 0. The van der Waals surface area contributed by atoms with E-state index >= 15 is 0 Å². The SMILES string of the molecule is C[Si](C)(C)[Si-](C[Si-]([Si](C)(C)C)[Si](C)(C)C)[Si](C)(C)C. The largest absolute Gasteiger partial charge is 0.316 e. The van der Waals surface area contributed by atoms with Crippen molar-refractivity contribution in [3.63, 3.8) is 0 Å². The second-order valence-electron chi connectivity index (χ2n) is 10.1. The number of hydrogen-bond donors (Lipinski definition) is 0. The van der Waals surface area contributed by atoms with E-state index in [1.807, 2.05) is 0 Å². The van der Waals surface area contributed by atoms with Crippen molar-refractivity contribution in [2.45, 2.75) is 84.2 Å². The minimum Gasteiger partial charge on any atom is -0.316 e. The van der Waals surface area contributed by atoms with Crippen LogP contribution in [-0.2, 0) is 0 Å². The Morgan fingerprint density at radius 1 is 0.421 bits per heavy atom. The summed E-state index contributed by atoms with van der Waals surface area (Å²) in [5, 5.41) is 0. The van der Waals surface area contributed by atoms with Crippen molar-refractivity contribution in [2.75, 3.05) is 0 Å². The van der Waals surface area contributed by atoms with Gasteiger partial charge in [0.25, 0.3) is 0 Å². The lowest BCUT2D eigenvalue weighted by Crippen LogP contribution is -2.67. The van der Waals surface area contributed by atoms with Crippen LogP contribution in [0.4, 0.5) is 0 Å². The smallest absolute Gasteiger partial charge is 0.0978 e. The highest BCUT2D eigenvalue weighted by Gasteiger charge is 2.28. The zero-order chi connectivity index (χ0) is 15.9. The van der Waals surface area contributed by atoms with E-state index in [0.29, 0.717) is 0 Å². The molecule has 19 heavy (non-hydrogen) atoms. The molecule has 0 amide bonds. The van der Waals surface area contributed by atoms with Crippen molar-refractivity contribution < 1.29 is 0 Å². The van der Waals surface area contributed by atoms with Gasteiger partial charge in [-0.05, 0) is 0 Å². The van der Waals surface area contributed by atoms with Crippen molar-refractivity contribution in [2.24, 2.45) is 0 Å². The minimum absolute atomic E-state index is 0.0467. The Kier molecular flexibility index (Phi) is 6.62. The molecular formula is C13H38Si6-2. The molecule has 0 aliphatic carbocycles. The van der Waals surface area contributed by atoms with Gasteiger partial charge < -0.3 is 5.67 Å². The average Bonchev–Trinajstić information content (AvgIpc) is 1.91. The molecule has 0 spiro atoms. The quantitative estimate of drug-likeness (QED) is 0.571. The summed E-state index contributed by atoms with van der Waals surface area (Å²) in [6.45, 7) is 32.1. The summed E-state index contributed by atoms with van der Waals surface area (Å²) in [6, 6.07) is 0. The van der Waals surface area contributed by atoms with Crippen LogP contribution in [0.5, 0.6) is 0 Å². The Morgan fingerprint density at radius 3 is 0.684 bits per heavy atom. The maximum Gasteiger partial charge on any atom is -0.0978 e. The van der Waals surface area contributed by atoms with Gasteiger partial charge in [0.05, 0.1) is 0 Å². The van der Waals surface area contributed by atoms with Crippen LogP contribution in [0.2, 0.25) is 84.2 Å². The van der Waals surface area contributed by atoms with E-state index in [-0.39, 0.29) is 15.7 Å². The molecule has 0 fully saturated rings. The van der Waals surface area contributed by atoms with Gasteiger partial charge in [-0.3, -0.25) is 15.7 Å². The van der Waals surface area contributed by atoms with Crippen LogP contribution in [-0.4, -0.2) is 46.0 Å². The van der Waals surface area contributed by atoms with Crippen LogP contribution in [0.15, 0.2) is 0 Å². The second-order valence-corrected chi connectivity index (χ2v) is 59.7. The van der Waals surface area contributed by atoms with Gasteiger partial charge in [-0.1, -0.05) is 78.6 Å². The van der Waals surface area contributed by atoms with Crippen molar-refractivity contribution in [1.29, 1.82) is 0 Å². The zero-order valence-electron chi connectivity index (χ0n) is 15.7. The molecule has 0 nitrogen and oxygen atoms in total. The molecule has 0 heterocycles. The highest BCUT2D eigenvalue weighted by molar-refractivity contribution is 7.68. The standard InChI is InChI=1S/C13H38Si6/c1-16(2,3)14(17(4,5)6)13-15(18(7,8)9)19(10,11)12/h13H2,1-12H3/q-2. The fraction of sp³-hybridized carbons (Fsp3) is 1.00. The Hall–Kier alpha value is 1.30. The summed E-state index contributed by atoms with van der Waals surface area (Å²) in [5.74, 6) is 0. The number of rotatable bonds is 6. The van der Waals surface area contributed by atoms with Crippen LogP contribution in [0, 0.1) is 0 Å². The number of hydrogen-bond acceptors (Lipinski definition) is 0. The normalized spacial score (nSPS) is 15.5. The van der Waals surface area contributed by atoms with Gasteiger partial charge in [0, 0.05) is 0 Å². The van der Waals surface area contributed by atoms with E-state index in [2.05, 4.69) is 78.6 Å². The first-order chi connectivity index (χ1) is 7.97. The zero-order valence-corrected chi connectivity index (χ0v) is 21.7. The second kappa shape index (κ2) is 6.20. The maximum absolute atomic E-state index is 2.67. The van der Waals surface area contributed by atoms with E-state index in [1.54, 1.807) is 5.67 Å². The molecule has 0 bridgehead atoms. The third-order valence-electron chi connectivity index (χ3n) is 3.97. The molecule has 0 aromatic heterocycles. The minimum atomic E-state index is -0.909. The summed E-state index contributed by atoms with van der Waals surface area (Å²) in [5.41, 5.74) is 1.77. The summed E-state index contributed by atoms with van der Waals surface area (Å²) in [7, 11) is -3.73. The van der Waals surface area contributed by atoms with E-state index in [1.165, 1.54) is 0 Å². The molecule has 6 heteroatoms. The molecule has 0 rings (SSSR count). The van der Waals surface area contributed by atoms with Crippen LogP contribution in [0.1, 0.15) is 0 Å². The first-order valence-electron chi connectivity index (χ1n) is 7.71. The molecular weight excluding hydrogens is 325 g/mol. The summed E-state index contributed by atoms with van der Waals surface area (Å²) >= 11 is 0. The fourth-order valence-corrected chi connectivity index (χ4v) is 104. The van der Waals surface area contributed by atoms with E-state index < -0.39 is 30.4 Å². The highest BCUT2D eigenvalue weighted by atomic mass is 29.6. The first kappa shape index (κ1) is 20.3. The van der Waals surface area contributed by atoms with Crippen molar-refractivity contribution in [3.05, 3.63) is 0 Å². The monoisotopic (exact) mass is 362 g/mol. The Bertz CT molecular complexity index is 228. The van der Waals surface area contributed by atoms with Gasteiger partial charge in [-0.2, -0.15) is 0 Å². The molecule has 0 aliphatic rings. The Morgan fingerprint density at radius 2 is 0.579 bits per heavy atom. The van der Waals surface area contributed by atoms with Crippen LogP contribution in [0.3, 0.4) is 0 Å². The summed E-state index contributed by atoms with van der Waals surface area (Å²) < 4.78 is 0. The van der Waals surface area contributed by atoms with Crippen LogP contribution in [0.25, 0.3) is 0 Å². The molecule has 0 aromatic rings. The molecule has 116 valence electrons. The predicted octanol–water partition coefficient (Wildman–Crippen LogP) is 5.18. The maximum atomic E-state index is 2.67. The van der Waals surface area contributed by atoms with Crippen LogP contribution >= 0.6 is 0 Å². The van der Waals surface area contributed by atoms with Crippen molar-refractivity contribution in [1.82, 2.24) is 0 Å². The molecule has 0 unspecified atom stereocenters. The fourth-order valence-electron chi connectivity index (χ4n) is 3.49. The topological polar surface area (TPSA) is 0 Å². The Balaban J connectivity index is 5.43. The highest BCUT2D eigenvalue weighted by Crippen LogP contribution is 2.28. The van der Waals surface area contributed by atoms with Gasteiger partial charge >= 0.3 is 0 Å². The van der Waals surface area contributed by atoms with E-state index in [4.69, 9.17) is 0 Å². The first-order valence-corrected chi connectivity index (χ1v) is 29.1. The molecule has 0 saturated carbocycles. The van der Waals surface area contributed by atoms with Crippen molar-refractivity contribution in [3.8, 4) is 0 Å². The molecule has 0 saturated heterocycles. The van der Waals surface area contributed by atoms with E-state index in [9.17, 15) is 0 Å². The molecule has 0 N–H and O–H groups in total. The van der Waals surface area contributed by atoms with E-state index in [0.717, 1.165) is 0 Å². The lowest BCUT2D eigenvalue weighted by molar-refractivity contribution is 1.71. The lowest BCUT2D eigenvalue weighted by Gasteiger charge is -2.64. The predicted molar refractivity (Wildman–Crippen MR) is 110 cm³/mol. The van der Waals surface area contributed by atoms with Crippen LogP contribution < -0.4 is 0 Å². The third-order valence-corrected chi connectivity index (χ3v) is 69.1.